The van der Waals surface area contributed by atoms with Crippen LogP contribution in [0.15, 0.2) is 24.3 Å². The Morgan fingerprint density at radius 1 is 0.750 bits per heavy atom. The summed E-state index contributed by atoms with van der Waals surface area (Å²) in [5.41, 5.74) is 8.32. The first-order valence-electron chi connectivity index (χ1n) is 6.20. The lowest BCUT2D eigenvalue weighted by atomic mass is 10.00. The second-order valence-electron chi connectivity index (χ2n) is 5.34. The third kappa shape index (κ3) is 6.62. The number of nitrogens with two attached hydrogens (primary N) is 1. The van der Waals surface area contributed by atoms with Gasteiger partial charge in [0.15, 0.2) is 0 Å². The molecule has 16 heavy (non-hydrogen) atoms. The molecule has 92 valence electrons. The van der Waals surface area contributed by atoms with Gasteiger partial charge in [-0.1, -0.05) is 58.9 Å². The van der Waals surface area contributed by atoms with Crippen LogP contribution in [0, 0.1) is 5.92 Å². The molecular weight excluding hydrogens is 194 g/mol. The Morgan fingerprint density at radius 2 is 1.06 bits per heavy atom. The van der Waals surface area contributed by atoms with Gasteiger partial charge in [-0.05, 0) is 29.9 Å². The van der Waals surface area contributed by atoms with Crippen LogP contribution in [0.5, 0.6) is 0 Å². The molecule has 2 N–H and O–H groups in total. The molecule has 0 fully saturated rings. The van der Waals surface area contributed by atoms with Crippen LogP contribution in [-0.4, -0.2) is 0 Å². The number of hydrogen-bond acceptors (Lipinski definition) is 1. The smallest absolute Gasteiger partial charge is 0.0266 e. The number of hydrogen-bond donors (Lipinski definition) is 1. The minimum atomic E-state index is 0.145. The van der Waals surface area contributed by atoms with Crippen molar-refractivity contribution in [3.63, 3.8) is 0 Å². The normalized spacial score (nSPS) is 12.3. The zero-order chi connectivity index (χ0) is 12.7. The Morgan fingerprint density at radius 3 is 1.31 bits per heavy atom. The first kappa shape index (κ1) is 15.2. The highest BCUT2D eigenvalue weighted by Crippen LogP contribution is 2.16. The molecule has 0 aliphatic heterocycles. The lowest BCUT2D eigenvalue weighted by Gasteiger charge is -2.08. The van der Waals surface area contributed by atoms with Crippen molar-refractivity contribution >= 4 is 0 Å². The van der Waals surface area contributed by atoms with Crippen molar-refractivity contribution in [1.29, 1.82) is 0 Å². The molecule has 0 aromatic heterocycles. The lowest BCUT2D eigenvalue weighted by Crippen LogP contribution is -2.04. The molecule has 0 bridgehead atoms. The molecule has 1 atom stereocenters. The third-order valence-electron chi connectivity index (χ3n) is 2.13. The fourth-order valence-electron chi connectivity index (χ4n) is 1.18. The van der Waals surface area contributed by atoms with Crippen LogP contribution in [-0.2, 0) is 0 Å². The molecule has 0 aliphatic rings. The summed E-state index contributed by atoms with van der Waals surface area (Å²) in [7, 11) is 0. The van der Waals surface area contributed by atoms with E-state index in [-0.39, 0.29) is 6.04 Å². The van der Waals surface area contributed by atoms with Crippen LogP contribution >= 0.6 is 0 Å². The van der Waals surface area contributed by atoms with Gasteiger partial charge >= 0.3 is 0 Å². The van der Waals surface area contributed by atoms with Crippen molar-refractivity contribution in [2.75, 3.05) is 0 Å². The second-order valence-corrected chi connectivity index (χ2v) is 5.34. The molecule has 1 rings (SSSR count). The van der Waals surface area contributed by atoms with Gasteiger partial charge in [0.1, 0.15) is 0 Å². The maximum absolute atomic E-state index is 5.74. The summed E-state index contributed by atoms with van der Waals surface area (Å²) in [5, 5.41) is 0. The molecule has 1 nitrogen and oxygen atoms in total. The summed E-state index contributed by atoms with van der Waals surface area (Å²) in [6.07, 6.45) is 0. The predicted molar refractivity (Wildman–Crippen MR) is 73.6 cm³/mol. The van der Waals surface area contributed by atoms with Gasteiger partial charge in [0, 0.05) is 6.04 Å². The van der Waals surface area contributed by atoms with E-state index >= 15 is 0 Å². The van der Waals surface area contributed by atoms with Crippen molar-refractivity contribution < 1.29 is 0 Å². The second kappa shape index (κ2) is 7.45. The summed E-state index contributed by atoms with van der Waals surface area (Å²) in [6, 6.07) is 8.68. The Kier molecular flexibility index (Phi) is 7.07. The molecule has 1 aromatic rings. The first-order chi connectivity index (χ1) is 7.34. The van der Waals surface area contributed by atoms with Gasteiger partial charge in [-0.2, -0.15) is 0 Å². The van der Waals surface area contributed by atoms with Crippen molar-refractivity contribution in [2.24, 2.45) is 11.7 Å². The van der Waals surface area contributed by atoms with Gasteiger partial charge in [0.2, 0.25) is 0 Å². The molecule has 0 heterocycles. The van der Waals surface area contributed by atoms with Gasteiger partial charge < -0.3 is 5.73 Å². The van der Waals surface area contributed by atoms with Crippen LogP contribution in [0.1, 0.15) is 64.6 Å². The fourth-order valence-corrected chi connectivity index (χ4v) is 1.18. The highest BCUT2D eigenvalue weighted by Gasteiger charge is 2.00. The van der Waals surface area contributed by atoms with E-state index in [1.807, 2.05) is 6.92 Å². The molecule has 1 aromatic carbocycles. The SMILES string of the molecule is CC(C)C.CC(C)c1ccc([C@H](C)N)cc1. The van der Waals surface area contributed by atoms with Crippen LogP contribution in [0.2, 0.25) is 0 Å². The Balaban J connectivity index is 0.000000487. The highest BCUT2D eigenvalue weighted by atomic mass is 14.6. The standard InChI is InChI=1S/C11H17N.C4H10/c1-8(2)10-4-6-11(7-5-10)9(3)12;1-4(2)3/h4-9H,12H2,1-3H3;4H,1-3H3/t9-;/m0./s1. The lowest BCUT2D eigenvalue weighted by molar-refractivity contribution is 0.737. The molecule has 0 radical (unpaired) electrons. The van der Waals surface area contributed by atoms with Crippen LogP contribution in [0.25, 0.3) is 0 Å². The van der Waals surface area contributed by atoms with Crippen molar-refractivity contribution in [3.05, 3.63) is 35.4 Å². The average molecular weight is 221 g/mol. The fraction of sp³-hybridized carbons (Fsp3) is 0.600. The van der Waals surface area contributed by atoms with Crippen molar-refractivity contribution in [3.8, 4) is 0 Å². The Labute approximate surface area is 101 Å². The van der Waals surface area contributed by atoms with Gasteiger partial charge in [-0.15, -0.1) is 0 Å². The van der Waals surface area contributed by atoms with E-state index in [0.717, 1.165) is 5.92 Å². The summed E-state index contributed by atoms with van der Waals surface area (Å²) in [5.74, 6) is 1.44. The average Bonchev–Trinajstić information content (AvgIpc) is 2.17. The summed E-state index contributed by atoms with van der Waals surface area (Å²) < 4.78 is 0. The molecule has 0 unspecified atom stereocenters. The van der Waals surface area contributed by atoms with E-state index in [4.69, 9.17) is 5.73 Å². The first-order valence-corrected chi connectivity index (χ1v) is 6.20. The summed E-state index contributed by atoms with van der Waals surface area (Å²) >= 11 is 0. The summed E-state index contributed by atoms with van der Waals surface area (Å²) in [4.78, 5) is 0. The summed E-state index contributed by atoms with van der Waals surface area (Å²) in [6.45, 7) is 12.9. The molecule has 0 aliphatic carbocycles. The minimum absolute atomic E-state index is 0.145. The van der Waals surface area contributed by atoms with Gasteiger partial charge in [-0.3, -0.25) is 0 Å². The quantitative estimate of drug-likeness (QED) is 0.782. The minimum Gasteiger partial charge on any atom is -0.324 e. The topological polar surface area (TPSA) is 26.0 Å². The van der Waals surface area contributed by atoms with Crippen LogP contribution < -0.4 is 5.73 Å². The molecule has 0 saturated heterocycles. The Bertz CT molecular complexity index is 240. The van der Waals surface area contributed by atoms with Crippen molar-refractivity contribution in [2.45, 2.75) is 53.5 Å². The van der Waals surface area contributed by atoms with Crippen molar-refractivity contribution in [1.82, 2.24) is 0 Å². The van der Waals surface area contributed by atoms with E-state index in [9.17, 15) is 0 Å². The number of benzene rings is 1. The molecule has 0 saturated carbocycles. The van der Waals surface area contributed by atoms with Gasteiger partial charge in [-0.25, -0.2) is 0 Å². The Hall–Kier alpha value is -0.820. The van der Waals surface area contributed by atoms with Gasteiger partial charge in [0.25, 0.3) is 0 Å². The van der Waals surface area contributed by atoms with E-state index in [2.05, 4.69) is 58.9 Å². The zero-order valence-corrected chi connectivity index (χ0v) is 11.6. The number of rotatable bonds is 2. The molecule has 0 amide bonds. The molecule has 0 spiro atoms. The third-order valence-corrected chi connectivity index (χ3v) is 2.13. The van der Waals surface area contributed by atoms with E-state index in [1.165, 1.54) is 11.1 Å². The maximum atomic E-state index is 5.74. The van der Waals surface area contributed by atoms with Gasteiger partial charge in [0.05, 0.1) is 0 Å². The monoisotopic (exact) mass is 221 g/mol. The maximum Gasteiger partial charge on any atom is 0.0266 e. The predicted octanol–water partition coefficient (Wildman–Crippen LogP) is 4.49. The zero-order valence-electron chi connectivity index (χ0n) is 11.6. The van der Waals surface area contributed by atoms with Crippen LogP contribution in [0.4, 0.5) is 0 Å². The van der Waals surface area contributed by atoms with E-state index < -0.39 is 0 Å². The highest BCUT2D eigenvalue weighted by molar-refractivity contribution is 5.26. The van der Waals surface area contributed by atoms with E-state index in [0.29, 0.717) is 5.92 Å². The molecular formula is C15H27N. The van der Waals surface area contributed by atoms with E-state index in [1.54, 1.807) is 0 Å². The van der Waals surface area contributed by atoms with Crippen LogP contribution in [0.3, 0.4) is 0 Å². The molecule has 1 heteroatoms. The largest absolute Gasteiger partial charge is 0.324 e.